The van der Waals surface area contributed by atoms with Crippen LogP contribution in [0.2, 0.25) is 0 Å². The lowest BCUT2D eigenvalue weighted by Crippen LogP contribution is -2.60. The van der Waals surface area contributed by atoms with Crippen LogP contribution in [-0.2, 0) is 0 Å². The van der Waals surface area contributed by atoms with Gasteiger partial charge in [0.05, 0.1) is 6.10 Å². The Hall–Kier alpha value is -0.720. The highest BCUT2D eigenvalue weighted by Gasteiger charge is 2.52. The van der Waals surface area contributed by atoms with Crippen molar-refractivity contribution in [2.45, 2.75) is 43.6 Å². The van der Waals surface area contributed by atoms with Gasteiger partial charge in [-0.3, -0.25) is 10.1 Å². The Morgan fingerprint density at radius 2 is 2.00 bits per heavy atom. The Morgan fingerprint density at radius 3 is 2.46 bits per heavy atom. The van der Waals surface area contributed by atoms with E-state index in [4.69, 9.17) is 0 Å². The second-order valence-electron chi connectivity index (χ2n) is 3.62. The zero-order valence-corrected chi connectivity index (χ0v) is 7.25. The molecule has 6 nitrogen and oxygen atoms in total. The van der Waals surface area contributed by atoms with Crippen molar-refractivity contribution in [1.82, 2.24) is 0 Å². The number of hydrogen-bond acceptors (Lipinski definition) is 5. The maximum atomic E-state index is 10.5. The minimum atomic E-state index is -1.85. The third-order valence-electron chi connectivity index (χ3n) is 2.63. The number of hydrogen-bond donors (Lipinski definition) is 3. The summed E-state index contributed by atoms with van der Waals surface area (Å²) in [6.45, 7) is 1.17. The van der Waals surface area contributed by atoms with Crippen LogP contribution in [0.25, 0.3) is 0 Å². The molecular weight excluding hydrogens is 178 g/mol. The molecule has 13 heavy (non-hydrogen) atoms. The summed E-state index contributed by atoms with van der Waals surface area (Å²) in [6, 6.07) is -1.20. The monoisotopic (exact) mass is 191 g/mol. The van der Waals surface area contributed by atoms with Crippen molar-refractivity contribution in [2.75, 3.05) is 0 Å². The molecule has 0 heterocycles. The Balaban J connectivity index is 2.85. The van der Waals surface area contributed by atoms with E-state index in [9.17, 15) is 25.4 Å². The van der Waals surface area contributed by atoms with Gasteiger partial charge in [-0.05, 0) is 13.3 Å². The Kier molecular flexibility index (Phi) is 2.56. The van der Waals surface area contributed by atoms with Gasteiger partial charge in [0.15, 0.2) is 5.60 Å². The van der Waals surface area contributed by atoms with E-state index in [1.807, 2.05) is 0 Å². The first-order valence-electron chi connectivity index (χ1n) is 4.09. The lowest BCUT2D eigenvalue weighted by molar-refractivity contribution is -0.554. The van der Waals surface area contributed by atoms with Gasteiger partial charge < -0.3 is 15.3 Å². The highest BCUT2D eigenvalue weighted by atomic mass is 16.6. The quantitative estimate of drug-likeness (QED) is 0.360. The molecule has 1 rings (SSSR count). The molecule has 76 valence electrons. The molecule has 0 radical (unpaired) electrons. The van der Waals surface area contributed by atoms with E-state index in [-0.39, 0.29) is 12.8 Å². The Bertz CT molecular complexity index is 217. The average Bonchev–Trinajstić information content (AvgIpc) is 1.99. The molecule has 0 spiro atoms. The summed E-state index contributed by atoms with van der Waals surface area (Å²) >= 11 is 0. The van der Waals surface area contributed by atoms with Crippen molar-refractivity contribution in [1.29, 1.82) is 0 Å². The topological polar surface area (TPSA) is 104 Å². The largest absolute Gasteiger partial charge is 0.390 e. The molecule has 0 aromatic rings. The van der Waals surface area contributed by atoms with Gasteiger partial charge in [-0.15, -0.1) is 0 Å². The predicted molar refractivity (Wildman–Crippen MR) is 42.7 cm³/mol. The molecule has 0 aromatic heterocycles. The summed E-state index contributed by atoms with van der Waals surface area (Å²) in [5.74, 6) is 0. The van der Waals surface area contributed by atoms with E-state index in [2.05, 4.69) is 0 Å². The van der Waals surface area contributed by atoms with Crippen LogP contribution >= 0.6 is 0 Å². The lowest BCUT2D eigenvalue weighted by atomic mass is 9.78. The molecule has 1 saturated carbocycles. The van der Waals surface area contributed by atoms with Crippen LogP contribution in [0.3, 0.4) is 0 Å². The fourth-order valence-electron chi connectivity index (χ4n) is 1.68. The number of nitrogens with zero attached hydrogens (tertiary/aromatic N) is 1. The van der Waals surface area contributed by atoms with Gasteiger partial charge in [0, 0.05) is 11.3 Å². The molecule has 3 N–H and O–H groups in total. The first kappa shape index (κ1) is 10.4. The van der Waals surface area contributed by atoms with Crippen LogP contribution in [0.15, 0.2) is 0 Å². The minimum absolute atomic E-state index is 0.0816. The van der Waals surface area contributed by atoms with Gasteiger partial charge in [0.2, 0.25) is 6.04 Å². The number of aliphatic hydroxyl groups is 3. The number of rotatable bonds is 1. The molecule has 0 aliphatic heterocycles. The standard InChI is InChI=1S/C7H13NO5/c1-7(11)5(8(12)13)3-2-4(9)6(7)10/h4-6,9-11H,2-3H2,1H3/t4-,5+,6+,7-/m1/s1. The first-order valence-corrected chi connectivity index (χ1v) is 4.09. The molecule has 4 atom stereocenters. The highest BCUT2D eigenvalue weighted by Crippen LogP contribution is 2.30. The third-order valence-corrected chi connectivity index (χ3v) is 2.63. The van der Waals surface area contributed by atoms with Gasteiger partial charge in [-0.1, -0.05) is 0 Å². The van der Waals surface area contributed by atoms with Gasteiger partial charge >= 0.3 is 0 Å². The molecule has 1 aliphatic rings. The van der Waals surface area contributed by atoms with Crippen LogP contribution in [0.1, 0.15) is 19.8 Å². The summed E-state index contributed by atoms with van der Waals surface area (Å²) in [6.07, 6.45) is -2.30. The van der Waals surface area contributed by atoms with Crippen molar-refractivity contribution in [2.24, 2.45) is 0 Å². The van der Waals surface area contributed by atoms with E-state index >= 15 is 0 Å². The van der Waals surface area contributed by atoms with Crippen molar-refractivity contribution in [3.8, 4) is 0 Å². The molecule has 6 heteroatoms. The second kappa shape index (κ2) is 3.21. The second-order valence-corrected chi connectivity index (χ2v) is 3.62. The van der Waals surface area contributed by atoms with Crippen LogP contribution < -0.4 is 0 Å². The molecule has 0 saturated heterocycles. The van der Waals surface area contributed by atoms with E-state index in [1.54, 1.807) is 0 Å². The number of aliphatic hydroxyl groups excluding tert-OH is 2. The molecule has 0 unspecified atom stereocenters. The molecule has 0 amide bonds. The third kappa shape index (κ3) is 1.65. The van der Waals surface area contributed by atoms with Crippen molar-refractivity contribution in [3.63, 3.8) is 0 Å². The smallest absolute Gasteiger partial charge is 0.243 e. The average molecular weight is 191 g/mol. The van der Waals surface area contributed by atoms with Gasteiger partial charge in [0.25, 0.3) is 0 Å². The molecule has 0 bridgehead atoms. The van der Waals surface area contributed by atoms with Crippen LogP contribution in [0.4, 0.5) is 0 Å². The SMILES string of the molecule is C[C@@]1(O)[C@@H]([N+](=O)[O-])CC[C@@H](O)[C@@H]1O. The summed E-state index contributed by atoms with van der Waals surface area (Å²) in [5, 5.41) is 38.6. The van der Waals surface area contributed by atoms with Crippen LogP contribution in [-0.4, -0.2) is 44.1 Å². The summed E-state index contributed by atoms with van der Waals surface area (Å²) in [7, 11) is 0. The predicted octanol–water partition coefficient (Wildman–Crippen LogP) is -1.10. The normalized spacial score (nSPS) is 46.0. The zero-order chi connectivity index (χ0) is 10.2. The van der Waals surface area contributed by atoms with E-state index in [0.717, 1.165) is 0 Å². The van der Waals surface area contributed by atoms with Gasteiger partial charge in [-0.2, -0.15) is 0 Å². The van der Waals surface area contributed by atoms with Crippen LogP contribution in [0, 0.1) is 10.1 Å². The Morgan fingerprint density at radius 1 is 1.46 bits per heavy atom. The maximum Gasteiger partial charge on any atom is 0.243 e. The van der Waals surface area contributed by atoms with Crippen LogP contribution in [0.5, 0.6) is 0 Å². The fraction of sp³-hybridized carbons (Fsp3) is 1.00. The van der Waals surface area contributed by atoms with Gasteiger partial charge in [-0.25, -0.2) is 0 Å². The van der Waals surface area contributed by atoms with E-state index in [0.29, 0.717) is 0 Å². The van der Waals surface area contributed by atoms with Crippen molar-refractivity contribution >= 4 is 0 Å². The molecule has 0 aromatic carbocycles. The molecular formula is C7H13NO5. The van der Waals surface area contributed by atoms with Crippen molar-refractivity contribution in [3.05, 3.63) is 10.1 Å². The Labute approximate surface area is 75.0 Å². The van der Waals surface area contributed by atoms with E-state index in [1.165, 1.54) is 6.92 Å². The molecule has 1 aliphatic carbocycles. The minimum Gasteiger partial charge on any atom is -0.390 e. The highest BCUT2D eigenvalue weighted by molar-refractivity contribution is 4.97. The number of nitro groups is 1. The summed E-state index contributed by atoms with van der Waals surface area (Å²) < 4.78 is 0. The van der Waals surface area contributed by atoms with E-state index < -0.39 is 28.8 Å². The maximum absolute atomic E-state index is 10.5. The van der Waals surface area contributed by atoms with Gasteiger partial charge in [0.1, 0.15) is 6.10 Å². The first-order chi connectivity index (χ1) is 5.87. The summed E-state index contributed by atoms with van der Waals surface area (Å²) in [5.41, 5.74) is -1.85. The molecule has 1 fully saturated rings. The summed E-state index contributed by atoms with van der Waals surface area (Å²) in [4.78, 5) is 9.86. The zero-order valence-electron chi connectivity index (χ0n) is 7.25. The fourth-order valence-corrected chi connectivity index (χ4v) is 1.68. The lowest BCUT2D eigenvalue weighted by Gasteiger charge is -2.38. The van der Waals surface area contributed by atoms with Crippen molar-refractivity contribution < 1.29 is 20.2 Å².